The third-order valence-electron chi connectivity index (χ3n) is 2.29. The quantitative estimate of drug-likeness (QED) is 0.900. The standard InChI is InChI=1S/C11H9ClF3N3S/c12-6-1-2-9(8(3-6)11(13,14)15)18-10-17-7(4-16)5-19-10/h1-3,5H,4,16H2,(H,17,18). The summed E-state index contributed by atoms with van der Waals surface area (Å²) in [6.07, 6.45) is -4.48. The maximum atomic E-state index is 12.9. The van der Waals surface area contributed by atoms with Crippen molar-refractivity contribution in [3.05, 3.63) is 39.9 Å². The zero-order valence-electron chi connectivity index (χ0n) is 9.46. The summed E-state index contributed by atoms with van der Waals surface area (Å²) in [6.45, 7) is 0.241. The lowest BCUT2D eigenvalue weighted by Gasteiger charge is -2.13. The van der Waals surface area contributed by atoms with Crippen molar-refractivity contribution in [3.63, 3.8) is 0 Å². The zero-order chi connectivity index (χ0) is 14.0. The third kappa shape index (κ3) is 3.37. The molecule has 0 unspecified atom stereocenters. The first-order valence-electron chi connectivity index (χ1n) is 5.18. The number of benzene rings is 1. The van der Waals surface area contributed by atoms with Crippen LogP contribution in [0.25, 0.3) is 0 Å². The Kier molecular flexibility index (Phi) is 3.98. The van der Waals surface area contributed by atoms with Gasteiger partial charge in [-0.15, -0.1) is 11.3 Å². The normalized spacial score (nSPS) is 11.6. The Bertz CT molecular complexity index is 583. The van der Waals surface area contributed by atoms with Crippen LogP contribution in [0.5, 0.6) is 0 Å². The number of anilines is 2. The van der Waals surface area contributed by atoms with Crippen LogP contribution in [0.1, 0.15) is 11.3 Å². The molecule has 102 valence electrons. The van der Waals surface area contributed by atoms with Crippen molar-refractivity contribution in [3.8, 4) is 0 Å². The van der Waals surface area contributed by atoms with E-state index in [2.05, 4.69) is 10.3 Å². The van der Waals surface area contributed by atoms with E-state index in [4.69, 9.17) is 17.3 Å². The van der Waals surface area contributed by atoms with E-state index in [0.29, 0.717) is 10.8 Å². The van der Waals surface area contributed by atoms with Crippen LogP contribution in [-0.2, 0) is 12.7 Å². The first kappa shape index (κ1) is 14.1. The predicted molar refractivity (Wildman–Crippen MR) is 69.7 cm³/mol. The molecule has 3 nitrogen and oxygen atoms in total. The molecule has 0 saturated heterocycles. The van der Waals surface area contributed by atoms with Crippen molar-refractivity contribution in [1.82, 2.24) is 4.98 Å². The van der Waals surface area contributed by atoms with Crippen LogP contribution in [0.4, 0.5) is 24.0 Å². The maximum Gasteiger partial charge on any atom is 0.418 e. The van der Waals surface area contributed by atoms with E-state index in [1.165, 1.54) is 23.5 Å². The number of thiazole rings is 1. The number of aromatic nitrogens is 1. The molecule has 1 aromatic heterocycles. The van der Waals surface area contributed by atoms with Crippen LogP contribution >= 0.6 is 22.9 Å². The van der Waals surface area contributed by atoms with Crippen LogP contribution < -0.4 is 11.1 Å². The highest BCUT2D eigenvalue weighted by Gasteiger charge is 2.34. The number of hydrogen-bond acceptors (Lipinski definition) is 4. The number of nitrogens with zero attached hydrogens (tertiary/aromatic N) is 1. The number of halogens is 4. The van der Waals surface area contributed by atoms with Crippen molar-refractivity contribution in [2.75, 3.05) is 5.32 Å². The molecule has 19 heavy (non-hydrogen) atoms. The van der Waals surface area contributed by atoms with Crippen LogP contribution in [-0.4, -0.2) is 4.98 Å². The molecule has 0 amide bonds. The van der Waals surface area contributed by atoms with Crippen molar-refractivity contribution >= 4 is 33.8 Å². The summed E-state index contributed by atoms with van der Waals surface area (Å²) in [5.41, 5.74) is 5.10. The average Bonchev–Trinajstić information content (AvgIpc) is 2.78. The maximum absolute atomic E-state index is 12.9. The molecule has 0 aliphatic carbocycles. The smallest absolute Gasteiger partial charge is 0.331 e. The molecule has 0 bridgehead atoms. The first-order chi connectivity index (χ1) is 8.90. The molecular formula is C11H9ClF3N3S. The molecule has 0 aliphatic rings. The highest BCUT2D eigenvalue weighted by molar-refractivity contribution is 7.13. The highest BCUT2D eigenvalue weighted by atomic mass is 35.5. The van der Waals surface area contributed by atoms with Gasteiger partial charge < -0.3 is 11.1 Å². The second kappa shape index (κ2) is 5.36. The number of nitrogens with one attached hydrogen (secondary N) is 1. The van der Waals surface area contributed by atoms with Gasteiger partial charge >= 0.3 is 6.18 Å². The summed E-state index contributed by atoms with van der Waals surface area (Å²) in [6, 6.07) is 3.53. The fraction of sp³-hybridized carbons (Fsp3) is 0.182. The Morgan fingerprint density at radius 2 is 2.11 bits per heavy atom. The molecule has 0 spiro atoms. The molecule has 2 aromatic rings. The van der Waals surface area contributed by atoms with Gasteiger partial charge in [0.2, 0.25) is 0 Å². The van der Waals surface area contributed by atoms with Gasteiger partial charge in [-0.3, -0.25) is 0 Å². The van der Waals surface area contributed by atoms with Crippen molar-refractivity contribution in [1.29, 1.82) is 0 Å². The van der Waals surface area contributed by atoms with E-state index >= 15 is 0 Å². The predicted octanol–water partition coefficient (Wildman–Crippen LogP) is 4.02. The third-order valence-corrected chi connectivity index (χ3v) is 3.33. The van der Waals surface area contributed by atoms with Crippen LogP contribution in [0, 0.1) is 0 Å². The van der Waals surface area contributed by atoms with Crippen molar-refractivity contribution < 1.29 is 13.2 Å². The van der Waals surface area contributed by atoms with Crippen LogP contribution in [0.2, 0.25) is 5.02 Å². The minimum atomic E-state index is -4.48. The highest BCUT2D eigenvalue weighted by Crippen LogP contribution is 2.37. The van der Waals surface area contributed by atoms with Gasteiger partial charge in [0.05, 0.1) is 16.9 Å². The Hall–Kier alpha value is -1.31. The van der Waals surface area contributed by atoms with Gasteiger partial charge in [0, 0.05) is 16.9 Å². The Morgan fingerprint density at radius 3 is 2.68 bits per heavy atom. The average molecular weight is 308 g/mol. The number of nitrogens with two attached hydrogens (primary N) is 1. The topological polar surface area (TPSA) is 50.9 Å². The fourth-order valence-corrected chi connectivity index (χ4v) is 2.34. The summed E-state index contributed by atoms with van der Waals surface area (Å²) >= 11 is 6.79. The Morgan fingerprint density at radius 1 is 1.37 bits per heavy atom. The summed E-state index contributed by atoms with van der Waals surface area (Å²) in [7, 11) is 0. The van der Waals surface area contributed by atoms with Gasteiger partial charge in [0.1, 0.15) is 0 Å². The summed E-state index contributed by atoms with van der Waals surface area (Å²) < 4.78 is 38.6. The molecule has 0 aliphatic heterocycles. The molecule has 3 N–H and O–H groups in total. The van der Waals surface area contributed by atoms with Crippen molar-refractivity contribution in [2.45, 2.75) is 12.7 Å². The van der Waals surface area contributed by atoms with Gasteiger partial charge in [-0.1, -0.05) is 11.6 Å². The molecule has 2 rings (SSSR count). The molecule has 8 heteroatoms. The van der Waals surface area contributed by atoms with E-state index < -0.39 is 11.7 Å². The SMILES string of the molecule is NCc1csc(Nc2ccc(Cl)cc2C(F)(F)F)n1. The van der Waals surface area contributed by atoms with Gasteiger partial charge in [-0.05, 0) is 18.2 Å². The fourth-order valence-electron chi connectivity index (χ4n) is 1.43. The van der Waals surface area contributed by atoms with E-state index in [1.54, 1.807) is 5.38 Å². The molecular weight excluding hydrogens is 299 g/mol. The number of alkyl halides is 3. The number of rotatable bonds is 3. The molecule has 0 fully saturated rings. The second-order valence-corrected chi connectivity index (χ2v) is 4.96. The van der Waals surface area contributed by atoms with Gasteiger partial charge in [0.15, 0.2) is 5.13 Å². The summed E-state index contributed by atoms with van der Waals surface area (Å²) in [4.78, 5) is 4.05. The van der Waals surface area contributed by atoms with Gasteiger partial charge in [-0.25, -0.2) is 4.98 Å². The second-order valence-electron chi connectivity index (χ2n) is 3.66. The number of hydrogen-bond donors (Lipinski definition) is 2. The molecule has 1 heterocycles. The molecule has 0 atom stereocenters. The van der Waals surface area contributed by atoms with E-state index in [-0.39, 0.29) is 17.3 Å². The molecule has 0 saturated carbocycles. The lowest BCUT2D eigenvalue weighted by Crippen LogP contribution is -2.08. The molecule has 1 aromatic carbocycles. The Balaban J connectivity index is 2.34. The minimum absolute atomic E-state index is 0.0275. The molecule has 0 radical (unpaired) electrons. The first-order valence-corrected chi connectivity index (χ1v) is 6.44. The zero-order valence-corrected chi connectivity index (χ0v) is 11.0. The monoisotopic (exact) mass is 307 g/mol. The summed E-state index contributed by atoms with van der Waals surface area (Å²) in [5.74, 6) is 0. The van der Waals surface area contributed by atoms with Gasteiger partial charge in [0.25, 0.3) is 0 Å². The van der Waals surface area contributed by atoms with E-state index in [1.807, 2.05) is 0 Å². The Labute approximate surface area is 116 Å². The largest absolute Gasteiger partial charge is 0.418 e. The lowest BCUT2D eigenvalue weighted by atomic mass is 10.1. The van der Waals surface area contributed by atoms with Crippen LogP contribution in [0.15, 0.2) is 23.6 Å². The summed E-state index contributed by atoms with van der Waals surface area (Å²) in [5, 5.41) is 4.70. The van der Waals surface area contributed by atoms with Gasteiger partial charge in [-0.2, -0.15) is 13.2 Å². The van der Waals surface area contributed by atoms with Crippen molar-refractivity contribution in [2.24, 2.45) is 5.73 Å². The lowest BCUT2D eigenvalue weighted by molar-refractivity contribution is -0.136. The van der Waals surface area contributed by atoms with E-state index in [0.717, 1.165) is 6.07 Å². The van der Waals surface area contributed by atoms with E-state index in [9.17, 15) is 13.2 Å². The minimum Gasteiger partial charge on any atom is -0.331 e. The van der Waals surface area contributed by atoms with Crippen LogP contribution in [0.3, 0.4) is 0 Å².